The fraction of sp³-hybridized carbons (Fsp3) is 0. The van der Waals surface area contributed by atoms with Crippen LogP contribution in [0.3, 0.4) is 0 Å². The third kappa shape index (κ3) is 1.37. The van der Waals surface area contributed by atoms with Crippen molar-refractivity contribution in [3.05, 3.63) is 60.9 Å². The van der Waals surface area contributed by atoms with Crippen LogP contribution in [-0.4, -0.2) is 9.97 Å². The minimum atomic E-state index is 0.877. The summed E-state index contributed by atoms with van der Waals surface area (Å²) in [7, 11) is 0. The first kappa shape index (κ1) is 10.8. The van der Waals surface area contributed by atoms with Gasteiger partial charge in [-0.3, -0.25) is 0 Å². The Morgan fingerprint density at radius 3 is 2.00 bits per heavy atom. The van der Waals surface area contributed by atoms with Crippen molar-refractivity contribution in [1.82, 2.24) is 9.97 Å². The highest BCUT2D eigenvalue weighted by Crippen LogP contribution is 2.34. The molecule has 2 heterocycles. The van der Waals surface area contributed by atoms with E-state index < -0.39 is 0 Å². The smallest absolute Gasteiger partial charge is 0.144 e. The zero-order valence-corrected chi connectivity index (χ0v) is 11.1. The van der Waals surface area contributed by atoms with E-state index >= 15 is 0 Å². The van der Waals surface area contributed by atoms with Gasteiger partial charge in [0.15, 0.2) is 0 Å². The second kappa shape index (κ2) is 3.79. The minimum absolute atomic E-state index is 0.877. The van der Waals surface area contributed by atoms with Gasteiger partial charge in [-0.25, -0.2) is 9.97 Å². The molecular weight excluding hydrogens is 260 g/mol. The van der Waals surface area contributed by atoms with Crippen LogP contribution in [0.15, 0.2) is 65.3 Å². The van der Waals surface area contributed by atoms with Gasteiger partial charge >= 0.3 is 0 Å². The molecule has 0 aliphatic carbocycles. The summed E-state index contributed by atoms with van der Waals surface area (Å²) in [5.41, 5.74) is 4.53. The molecule has 0 aliphatic heterocycles. The van der Waals surface area contributed by atoms with E-state index in [1.807, 2.05) is 42.5 Å². The Morgan fingerprint density at radius 2 is 1.24 bits per heavy atom. The molecule has 5 aromatic rings. The molecular formula is C18H10N2O. The third-order valence-corrected chi connectivity index (χ3v) is 3.92. The van der Waals surface area contributed by atoms with E-state index in [0.717, 1.165) is 43.8 Å². The average molecular weight is 270 g/mol. The number of hydrogen-bond acceptors (Lipinski definition) is 3. The Kier molecular flexibility index (Phi) is 1.95. The molecule has 98 valence electrons. The molecule has 3 nitrogen and oxygen atoms in total. The van der Waals surface area contributed by atoms with Gasteiger partial charge < -0.3 is 4.42 Å². The van der Waals surface area contributed by atoms with Crippen LogP contribution in [0.1, 0.15) is 0 Å². The van der Waals surface area contributed by atoms with Crippen LogP contribution < -0.4 is 0 Å². The highest BCUT2D eigenvalue weighted by molar-refractivity contribution is 6.22. The number of rotatable bonds is 0. The molecule has 0 spiro atoms. The molecule has 0 saturated carbocycles. The second-order valence-corrected chi connectivity index (χ2v) is 5.12. The molecule has 0 fully saturated rings. The summed E-state index contributed by atoms with van der Waals surface area (Å²) in [5, 5.41) is 3.17. The molecule has 0 saturated heterocycles. The van der Waals surface area contributed by atoms with Crippen LogP contribution in [0.2, 0.25) is 0 Å². The van der Waals surface area contributed by atoms with Crippen molar-refractivity contribution in [1.29, 1.82) is 0 Å². The topological polar surface area (TPSA) is 38.9 Å². The molecule has 0 bridgehead atoms. The number of hydrogen-bond donors (Lipinski definition) is 0. The van der Waals surface area contributed by atoms with Gasteiger partial charge in [0.05, 0.1) is 22.8 Å². The Balaban J connectivity index is 2.18. The maximum absolute atomic E-state index is 5.68. The zero-order chi connectivity index (χ0) is 13.8. The minimum Gasteiger partial charge on any atom is -0.464 e. The van der Waals surface area contributed by atoms with Crippen molar-refractivity contribution in [3.63, 3.8) is 0 Å². The van der Waals surface area contributed by atoms with Crippen LogP contribution in [0.25, 0.3) is 43.8 Å². The van der Waals surface area contributed by atoms with Crippen molar-refractivity contribution in [2.45, 2.75) is 0 Å². The van der Waals surface area contributed by atoms with Crippen LogP contribution >= 0.6 is 0 Å². The first-order chi connectivity index (χ1) is 10.4. The number of para-hydroxylation sites is 2. The zero-order valence-electron chi connectivity index (χ0n) is 11.1. The highest BCUT2D eigenvalue weighted by Gasteiger charge is 2.13. The van der Waals surface area contributed by atoms with Crippen LogP contribution in [-0.2, 0) is 0 Å². The van der Waals surface area contributed by atoms with E-state index in [4.69, 9.17) is 14.4 Å². The van der Waals surface area contributed by atoms with Gasteiger partial charge in [-0.15, -0.1) is 0 Å². The Labute approximate surface area is 119 Å². The number of aromatic nitrogens is 2. The number of furan rings is 1. The molecule has 0 aliphatic rings. The maximum atomic E-state index is 5.68. The summed E-state index contributed by atoms with van der Waals surface area (Å²) < 4.78 is 5.68. The standard InChI is InChI=1S/C18H10N2O/c1-2-6-12-11(5-1)16-17(13-9-10-21-18(12)13)20-15-8-4-3-7-14(15)19-16/h1-10H. The largest absolute Gasteiger partial charge is 0.464 e. The first-order valence-electron chi connectivity index (χ1n) is 6.86. The monoisotopic (exact) mass is 270 g/mol. The van der Waals surface area contributed by atoms with Crippen molar-refractivity contribution in [2.75, 3.05) is 0 Å². The van der Waals surface area contributed by atoms with Crippen LogP contribution in [0, 0.1) is 0 Å². The van der Waals surface area contributed by atoms with E-state index in [0.29, 0.717) is 0 Å². The van der Waals surface area contributed by atoms with E-state index in [2.05, 4.69) is 12.1 Å². The third-order valence-electron chi connectivity index (χ3n) is 3.92. The normalized spacial score (nSPS) is 11.8. The maximum Gasteiger partial charge on any atom is 0.144 e. The summed E-state index contributed by atoms with van der Waals surface area (Å²) in [4.78, 5) is 9.64. The van der Waals surface area contributed by atoms with Gasteiger partial charge in [0.2, 0.25) is 0 Å². The summed E-state index contributed by atoms with van der Waals surface area (Å²) in [6.07, 6.45) is 1.72. The van der Waals surface area contributed by atoms with Crippen LogP contribution in [0.5, 0.6) is 0 Å². The van der Waals surface area contributed by atoms with E-state index in [-0.39, 0.29) is 0 Å². The predicted octanol–water partition coefficient (Wildman–Crippen LogP) is 4.68. The predicted molar refractivity (Wildman–Crippen MR) is 84.3 cm³/mol. The van der Waals surface area contributed by atoms with E-state index in [9.17, 15) is 0 Å². The Bertz CT molecular complexity index is 1140. The second-order valence-electron chi connectivity index (χ2n) is 5.12. The molecule has 0 unspecified atom stereocenters. The molecule has 3 aromatic carbocycles. The molecule has 0 amide bonds. The molecule has 21 heavy (non-hydrogen) atoms. The summed E-state index contributed by atoms with van der Waals surface area (Å²) >= 11 is 0. The molecule has 2 aromatic heterocycles. The van der Waals surface area contributed by atoms with E-state index in [1.54, 1.807) is 6.26 Å². The lowest BCUT2D eigenvalue weighted by molar-refractivity contribution is 0.619. The number of nitrogens with zero attached hydrogens (tertiary/aromatic N) is 2. The highest BCUT2D eigenvalue weighted by atomic mass is 16.3. The van der Waals surface area contributed by atoms with Crippen molar-refractivity contribution >= 4 is 43.8 Å². The average Bonchev–Trinajstić information content (AvgIpc) is 3.03. The summed E-state index contributed by atoms with van der Waals surface area (Å²) in [6.45, 7) is 0. The van der Waals surface area contributed by atoms with Crippen molar-refractivity contribution in [2.24, 2.45) is 0 Å². The molecule has 0 radical (unpaired) electrons. The van der Waals surface area contributed by atoms with Gasteiger partial charge in [-0.05, 0) is 18.2 Å². The quantitative estimate of drug-likeness (QED) is 0.303. The SMILES string of the molecule is c1ccc2nc3c4ccoc4c4ccccc4c3nc2c1. The lowest BCUT2D eigenvalue weighted by Crippen LogP contribution is -1.89. The van der Waals surface area contributed by atoms with Gasteiger partial charge in [-0.1, -0.05) is 36.4 Å². The van der Waals surface area contributed by atoms with Crippen molar-refractivity contribution < 1.29 is 4.42 Å². The van der Waals surface area contributed by atoms with Gasteiger partial charge in [0, 0.05) is 16.2 Å². The van der Waals surface area contributed by atoms with Gasteiger partial charge in [0.25, 0.3) is 0 Å². The molecule has 0 N–H and O–H groups in total. The van der Waals surface area contributed by atoms with Crippen molar-refractivity contribution in [3.8, 4) is 0 Å². The lowest BCUT2D eigenvalue weighted by Gasteiger charge is -2.06. The fourth-order valence-electron chi connectivity index (χ4n) is 2.97. The lowest BCUT2D eigenvalue weighted by atomic mass is 10.0. The Morgan fingerprint density at radius 1 is 0.619 bits per heavy atom. The van der Waals surface area contributed by atoms with Crippen LogP contribution in [0.4, 0.5) is 0 Å². The van der Waals surface area contributed by atoms with Gasteiger partial charge in [0.1, 0.15) is 11.1 Å². The number of fused-ring (bicyclic) bond motifs is 7. The molecule has 5 rings (SSSR count). The summed E-state index contributed by atoms with van der Waals surface area (Å²) in [5.74, 6) is 0. The molecule has 3 heteroatoms. The fourth-order valence-corrected chi connectivity index (χ4v) is 2.97. The van der Waals surface area contributed by atoms with E-state index in [1.165, 1.54) is 0 Å². The Hall–Kier alpha value is -2.94. The summed E-state index contributed by atoms with van der Waals surface area (Å²) in [6, 6.07) is 18.1. The molecule has 0 atom stereocenters. The number of benzene rings is 3. The first-order valence-corrected chi connectivity index (χ1v) is 6.86. The van der Waals surface area contributed by atoms with Gasteiger partial charge in [-0.2, -0.15) is 0 Å².